The van der Waals surface area contributed by atoms with Gasteiger partial charge in [0, 0.05) is 24.2 Å². The van der Waals surface area contributed by atoms with Gasteiger partial charge in [-0.05, 0) is 37.7 Å². The van der Waals surface area contributed by atoms with E-state index in [1.807, 2.05) is 18.2 Å². The predicted molar refractivity (Wildman–Crippen MR) is 84.2 cm³/mol. The third-order valence-electron chi connectivity index (χ3n) is 5.15. The van der Waals surface area contributed by atoms with Crippen molar-refractivity contribution in [3.63, 3.8) is 0 Å². The first-order valence-corrected chi connectivity index (χ1v) is 7.93. The van der Waals surface area contributed by atoms with E-state index in [0.717, 1.165) is 34.6 Å². The quantitative estimate of drug-likeness (QED) is 0.794. The van der Waals surface area contributed by atoms with E-state index >= 15 is 0 Å². The Labute approximate surface area is 125 Å². The van der Waals surface area contributed by atoms with Crippen LogP contribution >= 0.6 is 0 Å². The number of rotatable bonds is 1. The van der Waals surface area contributed by atoms with Gasteiger partial charge in [0.25, 0.3) is 0 Å². The minimum atomic E-state index is 0.622. The summed E-state index contributed by atoms with van der Waals surface area (Å²) in [4.78, 5) is 6.96. The molecule has 2 aromatic rings. The van der Waals surface area contributed by atoms with E-state index in [9.17, 15) is 5.26 Å². The van der Waals surface area contributed by atoms with E-state index in [0.29, 0.717) is 6.04 Å². The molecule has 2 aliphatic rings. The van der Waals surface area contributed by atoms with Gasteiger partial charge in [-0.25, -0.2) is 0 Å². The number of nitrogens with zero attached hydrogens (tertiary/aromatic N) is 3. The third kappa shape index (κ3) is 1.98. The molecule has 1 aliphatic heterocycles. The van der Waals surface area contributed by atoms with Crippen LogP contribution in [0.15, 0.2) is 30.5 Å². The fourth-order valence-electron chi connectivity index (χ4n) is 4.25. The minimum Gasteiger partial charge on any atom is -0.367 e. The lowest BCUT2D eigenvalue weighted by Crippen LogP contribution is -2.43. The number of aromatic nitrogens is 1. The normalized spacial score (nSPS) is 24.8. The van der Waals surface area contributed by atoms with Gasteiger partial charge in [0.1, 0.15) is 6.07 Å². The number of pyridine rings is 1. The van der Waals surface area contributed by atoms with Crippen molar-refractivity contribution in [1.82, 2.24) is 4.98 Å². The Morgan fingerprint density at radius 2 is 2.00 bits per heavy atom. The Morgan fingerprint density at radius 1 is 1.14 bits per heavy atom. The van der Waals surface area contributed by atoms with Gasteiger partial charge in [-0.2, -0.15) is 5.26 Å². The van der Waals surface area contributed by atoms with E-state index in [4.69, 9.17) is 0 Å². The van der Waals surface area contributed by atoms with Crippen molar-refractivity contribution in [3.8, 4) is 6.07 Å². The summed E-state index contributed by atoms with van der Waals surface area (Å²) in [5.74, 6) is 0.817. The Balaban J connectivity index is 1.90. The number of nitriles is 1. The lowest BCUT2D eigenvalue weighted by atomic mass is 9.90. The lowest BCUT2D eigenvalue weighted by Gasteiger charge is -2.40. The van der Waals surface area contributed by atoms with Crippen LogP contribution in [0.5, 0.6) is 0 Å². The highest BCUT2D eigenvalue weighted by Crippen LogP contribution is 2.41. The molecule has 0 N–H and O–H groups in total. The maximum Gasteiger partial charge on any atom is 0.103 e. The molecule has 0 radical (unpaired) electrons. The van der Waals surface area contributed by atoms with Crippen molar-refractivity contribution in [1.29, 1.82) is 5.26 Å². The molecule has 21 heavy (non-hydrogen) atoms. The first kappa shape index (κ1) is 12.6. The van der Waals surface area contributed by atoms with Gasteiger partial charge in [0.2, 0.25) is 0 Å². The number of hydrogen-bond acceptors (Lipinski definition) is 3. The van der Waals surface area contributed by atoms with E-state index in [2.05, 4.69) is 22.0 Å². The van der Waals surface area contributed by atoms with Crippen LogP contribution in [-0.2, 0) is 0 Å². The summed E-state index contributed by atoms with van der Waals surface area (Å²) < 4.78 is 0. The highest BCUT2D eigenvalue weighted by Gasteiger charge is 2.36. The molecule has 3 nitrogen and oxygen atoms in total. The number of hydrogen-bond donors (Lipinski definition) is 0. The maximum atomic E-state index is 9.53. The first-order chi connectivity index (χ1) is 10.4. The van der Waals surface area contributed by atoms with Crippen molar-refractivity contribution in [2.45, 2.75) is 38.1 Å². The van der Waals surface area contributed by atoms with Crippen LogP contribution in [-0.4, -0.2) is 17.6 Å². The first-order valence-electron chi connectivity index (χ1n) is 7.93. The Hall–Kier alpha value is -2.08. The highest BCUT2D eigenvalue weighted by molar-refractivity contribution is 5.94. The fourth-order valence-corrected chi connectivity index (χ4v) is 4.25. The third-order valence-corrected chi connectivity index (χ3v) is 5.15. The molecule has 3 heteroatoms. The summed E-state index contributed by atoms with van der Waals surface area (Å²) in [5.41, 5.74) is 2.84. The summed E-state index contributed by atoms with van der Waals surface area (Å²) >= 11 is 0. The summed E-state index contributed by atoms with van der Waals surface area (Å²) in [6.45, 7) is 1.07. The molecular formula is C18H19N3. The smallest absolute Gasteiger partial charge is 0.103 e. The van der Waals surface area contributed by atoms with Crippen molar-refractivity contribution in [3.05, 3.63) is 36.0 Å². The van der Waals surface area contributed by atoms with Crippen molar-refractivity contribution >= 4 is 16.6 Å². The molecule has 0 spiro atoms. The average Bonchev–Trinajstić information content (AvgIpc) is 3.02. The van der Waals surface area contributed by atoms with Crippen LogP contribution in [0.1, 0.15) is 37.7 Å². The Bertz CT molecular complexity index is 716. The summed E-state index contributed by atoms with van der Waals surface area (Å²) in [5, 5.41) is 10.7. The Morgan fingerprint density at radius 3 is 2.90 bits per heavy atom. The highest BCUT2D eigenvalue weighted by atomic mass is 15.2. The van der Waals surface area contributed by atoms with Crippen molar-refractivity contribution < 1.29 is 0 Å². The predicted octanol–water partition coefficient (Wildman–Crippen LogP) is 3.88. The molecular weight excluding hydrogens is 258 g/mol. The number of piperidine rings is 1. The molecule has 1 saturated carbocycles. The zero-order valence-corrected chi connectivity index (χ0v) is 12.1. The molecule has 1 aromatic carbocycles. The van der Waals surface area contributed by atoms with Crippen LogP contribution in [0.2, 0.25) is 0 Å². The zero-order chi connectivity index (χ0) is 14.2. The molecule has 1 aliphatic carbocycles. The monoisotopic (exact) mass is 277 g/mol. The topological polar surface area (TPSA) is 39.9 Å². The van der Waals surface area contributed by atoms with Gasteiger partial charge in [0.05, 0.1) is 16.8 Å². The second-order valence-electron chi connectivity index (χ2n) is 6.24. The lowest BCUT2D eigenvalue weighted by molar-refractivity contribution is 0.363. The second-order valence-corrected chi connectivity index (χ2v) is 6.24. The van der Waals surface area contributed by atoms with Crippen LogP contribution in [0, 0.1) is 17.2 Å². The molecule has 106 valence electrons. The number of benzene rings is 1. The van der Waals surface area contributed by atoms with Crippen molar-refractivity contribution in [2.75, 3.05) is 11.4 Å². The average molecular weight is 277 g/mol. The standard InChI is InChI=1S/C18H19N3/c19-11-14-12-20-16-8-2-1-7-15(16)18(14)21-10-4-6-13-5-3-9-17(13)21/h1-2,7-8,12-13,17H,3-6,9-10H2. The van der Waals surface area contributed by atoms with Gasteiger partial charge < -0.3 is 4.90 Å². The Kier molecular flexibility index (Phi) is 3.03. The number of fused-ring (bicyclic) bond motifs is 2. The maximum absolute atomic E-state index is 9.53. The summed E-state index contributed by atoms with van der Waals surface area (Å²) in [6.07, 6.45) is 8.29. The minimum absolute atomic E-state index is 0.622. The van der Waals surface area contributed by atoms with E-state index in [1.165, 1.54) is 32.1 Å². The molecule has 1 saturated heterocycles. The largest absolute Gasteiger partial charge is 0.367 e. The summed E-state index contributed by atoms with van der Waals surface area (Å²) in [6, 6.07) is 11.2. The van der Waals surface area contributed by atoms with E-state index in [-0.39, 0.29) is 0 Å². The molecule has 1 aromatic heterocycles. The van der Waals surface area contributed by atoms with Gasteiger partial charge >= 0.3 is 0 Å². The molecule has 4 rings (SSSR count). The van der Waals surface area contributed by atoms with Crippen LogP contribution in [0.25, 0.3) is 10.9 Å². The summed E-state index contributed by atoms with van der Waals surface area (Å²) in [7, 11) is 0. The molecule has 2 heterocycles. The number of anilines is 1. The molecule has 0 bridgehead atoms. The van der Waals surface area contributed by atoms with Gasteiger partial charge in [-0.1, -0.05) is 24.6 Å². The second kappa shape index (κ2) is 5.04. The van der Waals surface area contributed by atoms with Crippen molar-refractivity contribution in [2.24, 2.45) is 5.92 Å². The molecule has 0 amide bonds. The van der Waals surface area contributed by atoms with Gasteiger partial charge in [-0.15, -0.1) is 0 Å². The zero-order valence-electron chi connectivity index (χ0n) is 12.1. The fraction of sp³-hybridized carbons (Fsp3) is 0.444. The van der Waals surface area contributed by atoms with E-state index in [1.54, 1.807) is 6.20 Å². The van der Waals surface area contributed by atoms with Gasteiger partial charge in [0.15, 0.2) is 0 Å². The van der Waals surface area contributed by atoms with Gasteiger partial charge in [-0.3, -0.25) is 4.98 Å². The molecule has 2 atom stereocenters. The molecule has 2 fully saturated rings. The van der Waals surface area contributed by atoms with Crippen LogP contribution < -0.4 is 4.90 Å². The van der Waals surface area contributed by atoms with Crippen LogP contribution in [0.4, 0.5) is 5.69 Å². The number of para-hydroxylation sites is 1. The van der Waals surface area contributed by atoms with Crippen LogP contribution in [0.3, 0.4) is 0 Å². The van der Waals surface area contributed by atoms with E-state index < -0.39 is 0 Å². The SMILES string of the molecule is N#Cc1cnc2ccccc2c1N1CCCC2CCCC21. The molecule has 2 unspecified atom stereocenters.